The molecular weight excluding hydrogens is 260 g/mol. The molecule has 1 heterocycles. The lowest BCUT2D eigenvalue weighted by Crippen LogP contribution is -2.10. The van der Waals surface area contributed by atoms with Gasteiger partial charge in [-0.25, -0.2) is 4.98 Å². The maximum Gasteiger partial charge on any atom is 0.223 e. The zero-order valence-corrected chi connectivity index (χ0v) is 12.6. The van der Waals surface area contributed by atoms with Crippen molar-refractivity contribution in [2.75, 3.05) is 0 Å². The van der Waals surface area contributed by atoms with Crippen LogP contribution < -0.4 is 10.5 Å². The minimum atomic E-state index is 0.461. The van der Waals surface area contributed by atoms with Gasteiger partial charge in [-0.15, -0.1) is 0 Å². The fourth-order valence-electron chi connectivity index (χ4n) is 2.84. The number of rotatable bonds is 4. The predicted molar refractivity (Wildman–Crippen MR) is 84.7 cm³/mol. The molecule has 0 bridgehead atoms. The summed E-state index contributed by atoms with van der Waals surface area (Å²) in [5.74, 6) is 1.51. The molecule has 1 aromatic heterocycles. The molecule has 2 aromatic rings. The summed E-state index contributed by atoms with van der Waals surface area (Å²) in [5, 5.41) is 0. The van der Waals surface area contributed by atoms with Crippen molar-refractivity contribution in [3.63, 3.8) is 0 Å². The second kappa shape index (κ2) is 6.27. The van der Waals surface area contributed by atoms with Crippen LogP contribution >= 0.6 is 0 Å². The van der Waals surface area contributed by atoms with Crippen molar-refractivity contribution in [1.82, 2.24) is 4.98 Å². The molecule has 1 aliphatic carbocycles. The smallest absolute Gasteiger partial charge is 0.223 e. The van der Waals surface area contributed by atoms with E-state index in [2.05, 4.69) is 25.1 Å². The van der Waals surface area contributed by atoms with E-state index in [0.717, 1.165) is 30.6 Å². The normalized spacial score (nSPS) is 13.8. The Hall–Kier alpha value is -1.87. The van der Waals surface area contributed by atoms with Gasteiger partial charge in [-0.05, 0) is 61.4 Å². The first-order valence-corrected chi connectivity index (χ1v) is 7.78. The van der Waals surface area contributed by atoms with E-state index >= 15 is 0 Å². The van der Waals surface area contributed by atoms with Crippen LogP contribution in [0.15, 0.2) is 30.3 Å². The van der Waals surface area contributed by atoms with Crippen molar-refractivity contribution in [2.45, 2.75) is 45.6 Å². The first-order valence-electron chi connectivity index (χ1n) is 7.78. The van der Waals surface area contributed by atoms with Crippen molar-refractivity contribution in [2.24, 2.45) is 5.73 Å². The number of hydrogen-bond acceptors (Lipinski definition) is 3. The lowest BCUT2D eigenvalue weighted by molar-refractivity contribution is 0.450. The van der Waals surface area contributed by atoms with Crippen LogP contribution in [0.25, 0.3) is 0 Å². The molecule has 0 radical (unpaired) electrons. The minimum Gasteiger partial charge on any atom is -0.439 e. The van der Waals surface area contributed by atoms with Gasteiger partial charge >= 0.3 is 0 Å². The molecule has 0 unspecified atom stereocenters. The van der Waals surface area contributed by atoms with Crippen LogP contribution in [-0.4, -0.2) is 4.98 Å². The number of ether oxygens (including phenoxy) is 1. The highest BCUT2D eigenvalue weighted by Gasteiger charge is 2.15. The lowest BCUT2D eigenvalue weighted by Gasteiger charge is -2.18. The Morgan fingerprint density at radius 3 is 2.86 bits per heavy atom. The van der Waals surface area contributed by atoms with Crippen LogP contribution in [0.2, 0.25) is 0 Å². The number of aromatic nitrogens is 1. The van der Waals surface area contributed by atoms with E-state index in [1.807, 2.05) is 12.1 Å². The molecule has 3 rings (SSSR count). The monoisotopic (exact) mass is 282 g/mol. The number of hydrogen-bond donors (Lipinski definition) is 1. The quantitative estimate of drug-likeness (QED) is 0.928. The molecule has 0 amide bonds. The van der Waals surface area contributed by atoms with Gasteiger partial charge in [-0.2, -0.15) is 0 Å². The van der Waals surface area contributed by atoms with Gasteiger partial charge in [-0.1, -0.05) is 19.1 Å². The Labute approximate surface area is 126 Å². The standard InChI is InChI=1S/C18H22N2O/c1-2-13-6-5-8-16(10-13)21-18-15(12-19)11-14-7-3-4-9-17(14)20-18/h5-6,8,10-11H,2-4,7,9,12,19H2,1H3. The molecule has 3 heteroatoms. The third-order valence-electron chi connectivity index (χ3n) is 4.08. The molecular formula is C18H22N2O. The van der Waals surface area contributed by atoms with Crippen molar-refractivity contribution in [1.29, 1.82) is 0 Å². The van der Waals surface area contributed by atoms with Gasteiger partial charge in [-0.3, -0.25) is 0 Å². The predicted octanol–water partition coefficient (Wildman–Crippen LogP) is 3.77. The SMILES string of the molecule is CCc1cccc(Oc2nc3c(cc2CN)CCCC3)c1. The lowest BCUT2D eigenvalue weighted by atomic mass is 9.95. The molecule has 1 aliphatic rings. The number of aryl methyl sites for hydroxylation is 3. The van der Waals surface area contributed by atoms with Gasteiger partial charge in [0.25, 0.3) is 0 Å². The maximum atomic E-state index is 6.02. The Kier molecular flexibility index (Phi) is 4.20. The summed E-state index contributed by atoms with van der Waals surface area (Å²) in [6, 6.07) is 10.4. The van der Waals surface area contributed by atoms with Crippen LogP contribution in [0.5, 0.6) is 11.6 Å². The van der Waals surface area contributed by atoms with Crippen LogP contribution in [0.1, 0.15) is 42.1 Å². The highest BCUT2D eigenvalue weighted by Crippen LogP contribution is 2.29. The highest BCUT2D eigenvalue weighted by molar-refractivity contribution is 5.39. The van der Waals surface area contributed by atoms with Gasteiger partial charge < -0.3 is 10.5 Å². The van der Waals surface area contributed by atoms with E-state index in [1.54, 1.807) is 0 Å². The van der Waals surface area contributed by atoms with Crippen LogP contribution in [0.4, 0.5) is 0 Å². The number of nitrogens with two attached hydrogens (primary N) is 1. The second-order valence-electron chi connectivity index (χ2n) is 5.57. The van der Waals surface area contributed by atoms with E-state index in [1.165, 1.54) is 29.7 Å². The van der Waals surface area contributed by atoms with Crippen LogP contribution in [0, 0.1) is 0 Å². The minimum absolute atomic E-state index is 0.461. The van der Waals surface area contributed by atoms with Crippen molar-refractivity contribution >= 4 is 0 Å². The number of nitrogens with zero attached hydrogens (tertiary/aromatic N) is 1. The Bertz CT molecular complexity index is 637. The molecule has 2 N–H and O–H groups in total. The topological polar surface area (TPSA) is 48.1 Å². The molecule has 110 valence electrons. The summed E-state index contributed by atoms with van der Waals surface area (Å²) in [5.41, 5.74) is 10.7. The van der Waals surface area contributed by atoms with Crippen molar-refractivity contribution in [3.8, 4) is 11.6 Å². The zero-order chi connectivity index (χ0) is 14.7. The van der Waals surface area contributed by atoms with Crippen molar-refractivity contribution < 1.29 is 4.74 Å². The number of fused-ring (bicyclic) bond motifs is 1. The van der Waals surface area contributed by atoms with Gasteiger partial charge in [0.05, 0.1) is 0 Å². The molecule has 3 nitrogen and oxygen atoms in total. The molecule has 0 atom stereocenters. The first kappa shape index (κ1) is 14.1. The van der Waals surface area contributed by atoms with Gasteiger partial charge in [0, 0.05) is 17.8 Å². The fourth-order valence-corrected chi connectivity index (χ4v) is 2.84. The molecule has 1 aromatic carbocycles. The molecule has 0 aliphatic heterocycles. The largest absolute Gasteiger partial charge is 0.439 e. The van der Waals surface area contributed by atoms with E-state index in [9.17, 15) is 0 Å². The van der Waals surface area contributed by atoms with Gasteiger partial charge in [0.15, 0.2) is 0 Å². The molecule has 0 saturated carbocycles. The highest BCUT2D eigenvalue weighted by atomic mass is 16.5. The number of pyridine rings is 1. The summed E-state index contributed by atoms with van der Waals surface area (Å²) in [6.07, 6.45) is 5.62. The van der Waals surface area contributed by atoms with E-state index in [0.29, 0.717) is 12.4 Å². The Balaban J connectivity index is 1.93. The molecule has 0 spiro atoms. The average Bonchev–Trinajstić information content (AvgIpc) is 2.54. The Morgan fingerprint density at radius 1 is 1.19 bits per heavy atom. The average molecular weight is 282 g/mol. The Morgan fingerprint density at radius 2 is 2.05 bits per heavy atom. The summed E-state index contributed by atoms with van der Waals surface area (Å²) in [6.45, 7) is 2.60. The van der Waals surface area contributed by atoms with E-state index in [4.69, 9.17) is 15.5 Å². The van der Waals surface area contributed by atoms with Gasteiger partial charge in [0.2, 0.25) is 5.88 Å². The van der Waals surface area contributed by atoms with Crippen molar-refractivity contribution in [3.05, 3.63) is 52.7 Å². The summed E-state index contributed by atoms with van der Waals surface area (Å²) in [7, 11) is 0. The van der Waals surface area contributed by atoms with Crippen LogP contribution in [-0.2, 0) is 25.8 Å². The number of benzene rings is 1. The van der Waals surface area contributed by atoms with E-state index < -0.39 is 0 Å². The van der Waals surface area contributed by atoms with Gasteiger partial charge in [0.1, 0.15) is 5.75 Å². The molecule has 0 saturated heterocycles. The summed E-state index contributed by atoms with van der Waals surface area (Å²) < 4.78 is 6.02. The first-order chi connectivity index (χ1) is 10.3. The van der Waals surface area contributed by atoms with E-state index in [-0.39, 0.29) is 0 Å². The van der Waals surface area contributed by atoms with Crippen LogP contribution in [0.3, 0.4) is 0 Å². The zero-order valence-electron chi connectivity index (χ0n) is 12.6. The molecule has 0 fully saturated rings. The summed E-state index contributed by atoms with van der Waals surface area (Å²) >= 11 is 0. The molecule has 21 heavy (non-hydrogen) atoms. The maximum absolute atomic E-state index is 6.02. The third-order valence-corrected chi connectivity index (χ3v) is 4.08. The summed E-state index contributed by atoms with van der Waals surface area (Å²) in [4.78, 5) is 4.73. The fraction of sp³-hybridized carbons (Fsp3) is 0.389. The second-order valence-corrected chi connectivity index (χ2v) is 5.57. The third kappa shape index (κ3) is 3.08.